The van der Waals surface area contributed by atoms with Crippen molar-refractivity contribution in [3.05, 3.63) is 40.9 Å². The van der Waals surface area contributed by atoms with Crippen LogP contribution in [0, 0.1) is 6.92 Å². The van der Waals surface area contributed by atoms with E-state index in [4.69, 9.17) is 0 Å². The van der Waals surface area contributed by atoms with Gasteiger partial charge in [0, 0.05) is 11.4 Å². The highest BCUT2D eigenvalue weighted by Crippen LogP contribution is 2.29. The molecule has 0 spiro atoms. The number of aryl methyl sites for hydroxylation is 1. The van der Waals surface area contributed by atoms with Gasteiger partial charge in [0.2, 0.25) is 15.9 Å². The van der Waals surface area contributed by atoms with Gasteiger partial charge in [-0.25, -0.2) is 13.4 Å². The fourth-order valence-electron chi connectivity index (χ4n) is 3.75. The molecule has 1 heterocycles. The summed E-state index contributed by atoms with van der Waals surface area (Å²) in [6.45, 7) is 7.93. The first-order chi connectivity index (χ1) is 14.1. The molecule has 1 aromatic heterocycles. The number of amides is 1. The van der Waals surface area contributed by atoms with E-state index in [0.29, 0.717) is 5.13 Å². The number of aromatic nitrogens is 1. The van der Waals surface area contributed by atoms with Gasteiger partial charge in [0.1, 0.15) is 0 Å². The average Bonchev–Trinajstić information content (AvgIpc) is 3.10. The zero-order chi connectivity index (χ0) is 21.9. The molecule has 30 heavy (non-hydrogen) atoms. The largest absolute Gasteiger partial charge is 0.301 e. The molecule has 1 aliphatic carbocycles. The molecule has 0 radical (unpaired) electrons. The number of carbonyl (C=O) groups is 1. The highest BCUT2D eigenvalue weighted by molar-refractivity contribution is 7.89. The monoisotopic (exact) mass is 449 g/mol. The number of hydrogen-bond donors (Lipinski definition) is 1. The lowest BCUT2D eigenvalue weighted by Gasteiger charge is -2.33. The number of carbonyl (C=O) groups excluding carboxylic acids is 1. The maximum absolute atomic E-state index is 13.5. The number of nitrogens with one attached hydrogen (secondary N) is 1. The van der Waals surface area contributed by atoms with Crippen molar-refractivity contribution in [2.45, 2.75) is 76.2 Å². The van der Waals surface area contributed by atoms with E-state index in [1.165, 1.54) is 15.6 Å². The van der Waals surface area contributed by atoms with Crippen LogP contribution in [0.2, 0.25) is 0 Å². The van der Waals surface area contributed by atoms with Crippen LogP contribution >= 0.6 is 11.3 Å². The molecule has 1 fully saturated rings. The maximum Gasteiger partial charge on any atom is 0.243 e. The second-order valence-electron chi connectivity index (χ2n) is 8.96. The zero-order valence-corrected chi connectivity index (χ0v) is 19.8. The summed E-state index contributed by atoms with van der Waals surface area (Å²) < 4.78 is 28.4. The minimum absolute atomic E-state index is 0.0585. The van der Waals surface area contributed by atoms with E-state index in [2.05, 4.69) is 31.1 Å². The minimum atomic E-state index is -3.79. The molecule has 6 nitrogen and oxygen atoms in total. The van der Waals surface area contributed by atoms with Crippen molar-refractivity contribution < 1.29 is 13.2 Å². The van der Waals surface area contributed by atoms with Gasteiger partial charge in [-0.1, -0.05) is 52.2 Å². The Bertz CT molecular complexity index is 970. The third-order valence-electron chi connectivity index (χ3n) is 5.47. The van der Waals surface area contributed by atoms with Crippen molar-refractivity contribution in [1.82, 2.24) is 9.29 Å². The van der Waals surface area contributed by atoms with Crippen LogP contribution < -0.4 is 5.32 Å². The predicted molar refractivity (Wildman–Crippen MR) is 121 cm³/mol. The molecule has 2 aromatic rings. The molecule has 8 heteroatoms. The molecular weight excluding hydrogens is 418 g/mol. The van der Waals surface area contributed by atoms with Gasteiger partial charge in [-0.15, -0.1) is 11.3 Å². The number of rotatable bonds is 6. The summed E-state index contributed by atoms with van der Waals surface area (Å²) in [5.41, 5.74) is 1.84. The summed E-state index contributed by atoms with van der Waals surface area (Å²) in [5, 5.41) is 5.09. The predicted octanol–water partition coefficient (Wildman–Crippen LogP) is 4.71. The lowest BCUT2D eigenvalue weighted by atomic mass is 9.87. The van der Waals surface area contributed by atoms with Gasteiger partial charge < -0.3 is 5.32 Å². The highest BCUT2D eigenvalue weighted by atomic mass is 32.2. The van der Waals surface area contributed by atoms with E-state index >= 15 is 0 Å². The molecule has 0 atom stereocenters. The Morgan fingerprint density at radius 2 is 1.80 bits per heavy atom. The van der Waals surface area contributed by atoms with Gasteiger partial charge in [0.15, 0.2) is 5.13 Å². The second-order valence-corrected chi connectivity index (χ2v) is 11.7. The van der Waals surface area contributed by atoms with Crippen LogP contribution in [0.4, 0.5) is 5.13 Å². The first-order valence-electron chi connectivity index (χ1n) is 10.4. The molecule has 1 amide bonds. The topological polar surface area (TPSA) is 79.4 Å². The van der Waals surface area contributed by atoms with Crippen molar-refractivity contribution in [3.63, 3.8) is 0 Å². The Balaban J connectivity index is 1.85. The van der Waals surface area contributed by atoms with E-state index in [9.17, 15) is 13.2 Å². The summed E-state index contributed by atoms with van der Waals surface area (Å²) in [4.78, 5) is 17.2. The summed E-state index contributed by atoms with van der Waals surface area (Å²) >= 11 is 1.34. The van der Waals surface area contributed by atoms with Crippen LogP contribution in [0.25, 0.3) is 0 Å². The van der Waals surface area contributed by atoms with Crippen molar-refractivity contribution in [1.29, 1.82) is 0 Å². The van der Waals surface area contributed by atoms with Gasteiger partial charge in [0.25, 0.3) is 0 Å². The minimum Gasteiger partial charge on any atom is -0.301 e. The number of nitrogens with zero attached hydrogens (tertiary/aromatic N) is 2. The van der Waals surface area contributed by atoms with Crippen LogP contribution in [-0.2, 0) is 20.2 Å². The molecule has 0 saturated heterocycles. The van der Waals surface area contributed by atoms with E-state index < -0.39 is 10.0 Å². The lowest BCUT2D eigenvalue weighted by Crippen LogP contribution is -2.45. The maximum atomic E-state index is 13.5. The number of hydrogen-bond acceptors (Lipinski definition) is 5. The van der Waals surface area contributed by atoms with E-state index in [1.807, 2.05) is 24.4 Å². The van der Waals surface area contributed by atoms with Gasteiger partial charge in [-0.3, -0.25) is 4.79 Å². The summed E-state index contributed by atoms with van der Waals surface area (Å²) in [6.07, 6.45) is 4.63. The van der Waals surface area contributed by atoms with Gasteiger partial charge >= 0.3 is 0 Å². The Hall–Kier alpha value is -1.77. The van der Waals surface area contributed by atoms with E-state index in [1.54, 1.807) is 12.1 Å². The van der Waals surface area contributed by atoms with E-state index in [-0.39, 0.29) is 28.8 Å². The third-order valence-corrected chi connectivity index (χ3v) is 8.26. The average molecular weight is 450 g/mol. The number of sulfonamides is 1. The molecule has 1 aliphatic rings. The zero-order valence-electron chi connectivity index (χ0n) is 18.1. The van der Waals surface area contributed by atoms with E-state index in [0.717, 1.165) is 43.4 Å². The second kappa shape index (κ2) is 9.16. The molecule has 0 unspecified atom stereocenters. The van der Waals surface area contributed by atoms with Crippen LogP contribution in [0.1, 0.15) is 64.1 Å². The molecule has 1 N–H and O–H groups in total. The van der Waals surface area contributed by atoms with Crippen molar-refractivity contribution >= 4 is 32.4 Å². The van der Waals surface area contributed by atoms with Crippen LogP contribution in [0.3, 0.4) is 0 Å². The Morgan fingerprint density at radius 3 is 2.33 bits per heavy atom. The van der Waals surface area contributed by atoms with Gasteiger partial charge in [-0.05, 0) is 42.9 Å². The first kappa shape index (κ1) is 22.9. The summed E-state index contributed by atoms with van der Waals surface area (Å²) in [7, 11) is -3.79. The van der Waals surface area contributed by atoms with Crippen molar-refractivity contribution in [2.24, 2.45) is 0 Å². The van der Waals surface area contributed by atoms with Crippen LogP contribution in [-0.4, -0.2) is 36.2 Å². The van der Waals surface area contributed by atoms with Crippen molar-refractivity contribution in [3.8, 4) is 0 Å². The highest BCUT2D eigenvalue weighted by Gasteiger charge is 2.34. The van der Waals surface area contributed by atoms with Crippen LogP contribution in [0.5, 0.6) is 0 Å². The Morgan fingerprint density at radius 1 is 1.17 bits per heavy atom. The number of anilines is 1. The molecular formula is C22H31N3O3S2. The third kappa shape index (κ3) is 5.47. The van der Waals surface area contributed by atoms with Crippen molar-refractivity contribution in [2.75, 3.05) is 11.9 Å². The summed E-state index contributed by atoms with van der Waals surface area (Å²) in [5.74, 6) is -0.357. The molecule has 164 valence electrons. The first-order valence-corrected chi connectivity index (χ1v) is 12.7. The quantitative estimate of drug-likeness (QED) is 0.693. The normalized spacial score (nSPS) is 16.0. The molecule has 3 rings (SSSR count). The molecule has 1 aromatic carbocycles. The molecule has 0 bridgehead atoms. The Labute approximate surface area is 183 Å². The molecule has 1 saturated carbocycles. The standard InChI is InChI=1S/C22H31N3O3S2/c1-16-15-29-21(23-16)24-20(26)14-25(18-8-6-5-7-9-18)30(27,28)19-12-10-17(11-13-19)22(2,3)4/h10-13,15,18H,5-9,14H2,1-4H3,(H,23,24,26). The molecule has 0 aliphatic heterocycles. The summed E-state index contributed by atoms with van der Waals surface area (Å²) in [6, 6.07) is 6.89. The SMILES string of the molecule is Cc1csc(NC(=O)CN(C2CCCCC2)S(=O)(=O)c2ccc(C(C)(C)C)cc2)n1. The Kier molecular flexibility index (Phi) is 6.99. The number of thiazole rings is 1. The van der Waals surface area contributed by atoms with Gasteiger partial charge in [0.05, 0.1) is 17.1 Å². The number of benzene rings is 1. The lowest BCUT2D eigenvalue weighted by molar-refractivity contribution is -0.116. The van der Waals surface area contributed by atoms with Gasteiger partial charge in [-0.2, -0.15) is 4.31 Å². The fraction of sp³-hybridized carbons (Fsp3) is 0.545. The smallest absolute Gasteiger partial charge is 0.243 e. The van der Waals surface area contributed by atoms with Crippen LogP contribution in [0.15, 0.2) is 34.5 Å². The fourth-order valence-corrected chi connectivity index (χ4v) is 6.10.